The number of amidine groups is 1. The maximum absolute atomic E-state index is 13.0. The van der Waals surface area contributed by atoms with Crippen LogP contribution < -0.4 is 5.32 Å². The standard InChI is InChI=1S/C22H29N3O4S/c1-14(2)12-29-21(27)19-15(3)23-22-25(9-6-10-30-22)20(19)16-7-5-8-17(11-16)24-18(26)13-28-4/h5,7-8,11,14,20H,6,9-10,12-13H2,1-4H3,(H,24,26). The second-order valence-corrected chi connectivity index (χ2v) is 8.85. The zero-order chi connectivity index (χ0) is 21.7. The summed E-state index contributed by atoms with van der Waals surface area (Å²) in [5.74, 6) is 0.701. The van der Waals surface area contributed by atoms with E-state index in [4.69, 9.17) is 14.5 Å². The lowest BCUT2D eigenvalue weighted by Crippen LogP contribution is -2.42. The Morgan fingerprint density at radius 1 is 1.37 bits per heavy atom. The van der Waals surface area contributed by atoms with E-state index in [-0.39, 0.29) is 30.4 Å². The van der Waals surface area contributed by atoms with Crippen LogP contribution in [0.1, 0.15) is 38.8 Å². The number of esters is 1. The predicted octanol–water partition coefficient (Wildman–Crippen LogP) is 3.59. The normalized spacial score (nSPS) is 18.8. The molecule has 0 saturated carbocycles. The fourth-order valence-corrected chi connectivity index (χ4v) is 4.53. The van der Waals surface area contributed by atoms with Crippen molar-refractivity contribution in [1.29, 1.82) is 0 Å². The molecule has 0 bridgehead atoms. The van der Waals surface area contributed by atoms with Crippen molar-refractivity contribution in [3.05, 3.63) is 41.1 Å². The number of thioether (sulfide) groups is 1. The first kappa shape index (κ1) is 22.4. The molecule has 1 unspecified atom stereocenters. The number of methoxy groups -OCH3 is 1. The number of ether oxygens (including phenoxy) is 2. The third-order valence-electron chi connectivity index (χ3n) is 4.79. The van der Waals surface area contributed by atoms with Crippen LogP contribution in [0.3, 0.4) is 0 Å². The average Bonchev–Trinajstić information content (AvgIpc) is 2.71. The first-order valence-electron chi connectivity index (χ1n) is 10.2. The molecule has 2 aliphatic heterocycles. The molecule has 1 aromatic carbocycles. The largest absolute Gasteiger partial charge is 0.462 e. The van der Waals surface area contributed by atoms with Gasteiger partial charge >= 0.3 is 5.97 Å². The highest BCUT2D eigenvalue weighted by atomic mass is 32.2. The number of nitrogens with one attached hydrogen (secondary N) is 1. The topological polar surface area (TPSA) is 80.2 Å². The van der Waals surface area contributed by atoms with Gasteiger partial charge in [0.15, 0.2) is 5.17 Å². The number of hydrogen-bond acceptors (Lipinski definition) is 7. The van der Waals surface area contributed by atoms with Crippen LogP contribution in [0.4, 0.5) is 5.69 Å². The van der Waals surface area contributed by atoms with Gasteiger partial charge in [-0.15, -0.1) is 0 Å². The number of anilines is 1. The molecule has 30 heavy (non-hydrogen) atoms. The quantitative estimate of drug-likeness (QED) is 0.665. The first-order chi connectivity index (χ1) is 14.4. The van der Waals surface area contributed by atoms with E-state index in [0.29, 0.717) is 23.6 Å². The summed E-state index contributed by atoms with van der Waals surface area (Å²) < 4.78 is 10.5. The number of allylic oxidation sites excluding steroid dienone is 1. The van der Waals surface area contributed by atoms with Crippen LogP contribution in [-0.2, 0) is 19.1 Å². The molecule has 3 rings (SSSR count). The van der Waals surface area contributed by atoms with Gasteiger partial charge in [0.1, 0.15) is 6.61 Å². The Balaban J connectivity index is 1.97. The lowest BCUT2D eigenvalue weighted by atomic mass is 9.94. The third-order valence-corrected chi connectivity index (χ3v) is 5.86. The molecule has 0 radical (unpaired) electrons. The predicted molar refractivity (Wildman–Crippen MR) is 119 cm³/mol. The molecule has 8 heteroatoms. The van der Waals surface area contributed by atoms with Crippen molar-refractivity contribution in [1.82, 2.24) is 4.90 Å². The number of nitrogens with zero attached hydrogens (tertiary/aromatic N) is 2. The minimum Gasteiger partial charge on any atom is -0.462 e. The number of rotatable bonds is 7. The fraction of sp³-hybridized carbons (Fsp3) is 0.500. The number of carbonyl (C=O) groups excluding carboxylic acids is 2. The van der Waals surface area contributed by atoms with Crippen molar-refractivity contribution in [3.63, 3.8) is 0 Å². The van der Waals surface area contributed by atoms with E-state index in [1.807, 2.05) is 45.0 Å². The van der Waals surface area contributed by atoms with Crippen molar-refractivity contribution >= 4 is 34.5 Å². The van der Waals surface area contributed by atoms with E-state index in [0.717, 1.165) is 29.4 Å². The van der Waals surface area contributed by atoms with Crippen molar-refractivity contribution in [2.75, 3.05) is 37.9 Å². The molecule has 1 amide bonds. The molecule has 7 nitrogen and oxygen atoms in total. The third kappa shape index (κ3) is 5.23. The lowest BCUT2D eigenvalue weighted by Gasteiger charge is -2.40. The van der Waals surface area contributed by atoms with E-state index in [1.54, 1.807) is 11.8 Å². The van der Waals surface area contributed by atoms with Crippen LogP contribution in [0.5, 0.6) is 0 Å². The minimum absolute atomic E-state index is 0.0149. The van der Waals surface area contributed by atoms with Gasteiger partial charge in [-0.3, -0.25) is 4.79 Å². The van der Waals surface area contributed by atoms with Crippen LogP contribution in [0.2, 0.25) is 0 Å². The van der Waals surface area contributed by atoms with Gasteiger partial charge in [0, 0.05) is 25.1 Å². The van der Waals surface area contributed by atoms with Gasteiger partial charge in [0.2, 0.25) is 5.91 Å². The average molecular weight is 432 g/mol. The van der Waals surface area contributed by atoms with Crippen LogP contribution in [-0.4, -0.2) is 54.6 Å². The molecule has 0 aliphatic carbocycles. The maximum atomic E-state index is 13.0. The highest BCUT2D eigenvalue weighted by molar-refractivity contribution is 8.13. The number of aliphatic imine (C=N–C) groups is 1. The molecule has 2 heterocycles. The summed E-state index contributed by atoms with van der Waals surface area (Å²) in [5.41, 5.74) is 2.82. The Hall–Kier alpha value is -2.32. The van der Waals surface area contributed by atoms with Crippen LogP contribution >= 0.6 is 11.8 Å². The Bertz CT molecular complexity index is 866. The van der Waals surface area contributed by atoms with Crippen LogP contribution in [0.15, 0.2) is 40.5 Å². The van der Waals surface area contributed by atoms with Crippen molar-refractivity contribution in [2.45, 2.75) is 33.2 Å². The summed E-state index contributed by atoms with van der Waals surface area (Å²) in [7, 11) is 1.48. The zero-order valence-electron chi connectivity index (χ0n) is 17.9. The van der Waals surface area contributed by atoms with Gasteiger partial charge in [-0.1, -0.05) is 37.7 Å². The van der Waals surface area contributed by atoms with Gasteiger partial charge in [-0.25, -0.2) is 9.79 Å². The second kappa shape index (κ2) is 10.1. The summed E-state index contributed by atoms with van der Waals surface area (Å²) in [4.78, 5) is 31.9. The SMILES string of the molecule is COCC(=O)Nc1cccc(C2C(C(=O)OCC(C)C)=C(C)N=C3SCCCN32)c1. The monoisotopic (exact) mass is 431 g/mol. The molecule has 1 saturated heterocycles. The summed E-state index contributed by atoms with van der Waals surface area (Å²) in [6, 6.07) is 7.29. The van der Waals surface area contributed by atoms with Gasteiger partial charge in [-0.2, -0.15) is 0 Å². The zero-order valence-corrected chi connectivity index (χ0v) is 18.8. The van der Waals surface area contributed by atoms with Gasteiger partial charge in [0.05, 0.1) is 23.9 Å². The molecular weight excluding hydrogens is 402 g/mol. The fourth-order valence-electron chi connectivity index (χ4n) is 3.51. The number of carbonyl (C=O) groups is 2. The molecule has 1 aromatic rings. The first-order valence-corrected chi connectivity index (χ1v) is 11.1. The Morgan fingerprint density at radius 2 is 2.17 bits per heavy atom. The summed E-state index contributed by atoms with van der Waals surface area (Å²) in [6.45, 7) is 7.04. The number of benzene rings is 1. The van der Waals surface area contributed by atoms with E-state index >= 15 is 0 Å². The summed E-state index contributed by atoms with van der Waals surface area (Å²) >= 11 is 1.71. The van der Waals surface area contributed by atoms with E-state index in [1.165, 1.54) is 7.11 Å². The van der Waals surface area contributed by atoms with Gasteiger partial charge in [-0.05, 0) is 37.0 Å². The molecule has 1 fully saturated rings. The van der Waals surface area contributed by atoms with Gasteiger partial charge in [0.25, 0.3) is 0 Å². The van der Waals surface area contributed by atoms with Crippen LogP contribution in [0, 0.1) is 5.92 Å². The minimum atomic E-state index is -0.335. The van der Waals surface area contributed by atoms with Gasteiger partial charge < -0.3 is 19.7 Å². The molecular formula is C22H29N3O4S. The van der Waals surface area contributed by atoms with E-state index < -0.39 is 0 Å². The Labute approximate surface area is 181 Å². The molecule has 162 valence electrons. The summed E-state index contributed by atoms with van der Waals surface area (Å²) in [6.07, 6.45) is 1.01. The maximum Gasteiger partial charge on any atom is 0.338 e. The van der Waals surface area contributed by atoms with Crippen molar-refractivity contribution < 1.29 is 19.1 Å². The molecule has 1 atom stereocenters. The Morgan fingerprint density at radius 3 is 2.90 bits per heavy atom. The molecule has 0 spiro atoms. The molecule has 0 aromatic heterocycles. The van der Waals surface area contributed by atoms with Crippen molar-refractivity contribution in [2.24, 2.45) is 10.9 Å². The lowest BCUT2D eigenvalue weighted by molar-refractivity contribution is -0.141. The molecule has 2 aliphatic rings. The highest BCUT2D eigenvalue weighted by Gasteiger charge is 2.38. The Kier molecular flexibility index (Phi) is 7.55. The van der Waals surface area contributed by atoms with Crippen molar-refractivity contribution in [3.8, 4) is 0 Å². The van der Waals surface area contributed by atoms with E-state index in [2.05, 4.69) is 10.2 Å². The number of amides is 1. The smallest absolute Gasteiger partial charge is 0.338 e. The summed E-state index contributed by atoms with van der Waals surface area (Å²) in [5, 5.41) is 3.77. The van der Waals surface area contributed by atoms with Crippen LogP contribution in [0.25, 0.3) is 0 Å². The second-order valence-electron chi connectivity index (χ2n) is 7.79. The number of fused-ring (bicyclic) bond motifs is 1. The van der Waals surface area contributed by atoms with E-state index in [9.17, 15) is 9.59 Å². The highest BCUT2D eigenvalue weighted by Crippen LogP contribution is 2.40. The molecule has 1 N–H and O–H groups in total. The number of hydrogen-bond donors (Lipinski definition) is 1.